The Labute approximate surface area is 232 Å². The first-order valence-corrected chi connectivity index (χ1v) is 13.1. The van der Waals surface area contributed by atoms with Gasteiger partial charge in [-0.3, -0.25) is 9.48 Å². The Hall–Kier alpha value is -4.41. The number of fused-ring (bicyclic) bond motifs is 1. The number of rotatable bonds is 9. The molecular weight excluding hydrogens is 515 g/mol. The molecule has 0 saturated carbocycles. The highest BCUT2D eigenvalue weighted by molar-refractivity contribution is 5.93. The minimum atomic E-state index is -0.569. The number of halogens is 1. The average Bonchev–Trinajstić information content (AvgIpc) is 3.42. The summed E-state index contributed by atoms with van der Waals surface area (Å²) in [6, 6.07) is 8.20. The summed E-state index contributed by atoms with van der Waals surface area (Å²) >= 11 is 0. The molecule has 0 spiro atoms. The van der Waals surface area contributed by atoms with Gasteiger partial charge in [-0.25, -0.2) is 14.2 Å². The van der Waals surface area contributed by atoms with Gasteiger partial charge in [0, 0.05) is 80.0 Å². The Bertz CT molecular complexity index is 1540. The number of pyridine rings is 1. The number of aromatic nitrogens is 4. The third kappa shape index (κ3) is 6.59. The van der Waals surface area contributed by atoms with Gasteiger partial charge in [-0.15, -0.1) is 0 Å². The van der Waals surface area contributed by atoms with Crippen LogP contribution in [-0.2, 0) is 24.6 Å². The third-order valence-corrected chi connectivity index (χ3v) is 6.40. The topological polar surface area (TPSA) is 112 Å². The van der Waals surface area contributed by atoms with E-state index in [2.05, 4.69) is 20.7 Å². The quantitative estimate of drug-likeness (QED) is 0.323. The zero-order valence-electron chi connectivity index (χ0n) is 23.7. The number of hydrogen-bond donors (Lipinski definition) is 2. The first kappa shape index (κ1) is 28.6. The van der Waals surface area contributed by atoms with Crippen LogP contribution >= 0.6 is 0 Å². The Morgan fingerprint density at radius 2 is 1.90 bits per heavy atom. The molecule has 4 aromatic rings. The molecule has 3 heterocycles. The van der Waals surface area contributed by atoms with Gasteiger partial charge in [0.25, 0.3) is 5.91 Å². The Morgan fingerprint density at radius 1 is 1.12 bits per heavy atom. The predicted octanol–water partition coefficient (Wildman–Crippen LogP) is 4.23. The van der Waals surface area contributed by atoms with E-state index in [1.54, 1.807) is 31.0 Å². The molecular formula is C29H35FN6O4. The van der Waals surface area contributed by atoms with Crippen LogP contribution in [0.5, 0.6) is 5.75 Å². The van der Waals surface area contributed by atoms with E-state index in [1.807, 2.05) is 50.4 Å². The lowest BCUT2D eigenvalue weighted by Crippen LogP contribution is -2.33. The van der Waals surface area contributed by atoms with Crippen molar-refractivity contribution in [1.29, 1.82) is 0 Å². The van der Waals surface area contributed by atoms with Crippen LogP contribution in [0.15, 0.2) is 42.7 Å². The van der Waals surface area contributed by atoms with E-state index in [0.717, 1.165) is 28.2 Å². The number of benzene rings is 1. The summed E-state index contributed by atoms with van der Waals surface area (Å²) in [4.78, 5) is 28.7. The van der Waals surface area contributed by atoms with Crippen molar-refractivity contribution in [3.8, 4) is 16.9 Å². The smallest absolute Gasteiger partial charge is 0.407 e. The molecule has 11 heteroatoms. The summed E-state index contributed by atoms with van der Waals surface area (Å²) in [5, 5.41) is 9.69. The fourth-order valence-corrected chi connectivity index (χ4v) is 4.35. The molecule has 0 fully saturated rings. The second-order valence-electron chi connectivity index (χ2n) is 10.4. The second-order valence-corrected chi connectivity index (χ2v) is 10.4. The molecule has 0 aliphatic heterocycles. The SMILES string of the molecule is CNC(=O)c1nn(C)c(C)c1CCOc1cc(F)ccc1-c1ccc2ncc(CCNC(=O)OC(C)(C)C)n2c1. The lowest BCUT2D eigenvalue weighted by Gasteiger charge is -2.19. The molecule has 2 N–H and O–H groups in total. The third-order valence-electron chi connectivity index (χ3n) is 6.40. The summed E-state index contributed by atoms with van der Waals surface area (Å²) in [7, 11) is 3.34. The van der Waals surface area contributed by atoms with Crippen molar-refractivity contribution >= 4 is 17.6 Å². The van der Waals surface area contributed by atoms with E-state index in [1.165, 1.54) is 12.1 Å². The van der Waals surface area contributed by atoms with Crippen LogP contribution in [0.1, 0.15) is 48.2 Å². The number of amides is 2. The van der Waals surface area contributed by atoms with Gasteiger partial charge in [0.15, 0.2) is 5.69 Å². The van der Waals surface area contributed by atoms with Crippen molar-refractivity contribution in [3.63, 3.8) is 0 Å². The number of carbonyl (C=O) groups is 2. The number of aryl methyl sites for hydroxylation is 1. The first-order valence-electron chi connectivity index (χ1n) is 13.1. The van der Waals surface area contributed by atoms with E-state index in [9.17, 15) is 14.0 Å². The molecule has 0 aliphatic rings. The lowest BCUT2D eigenvalue weighted by atomic mass is 10.1. The van der Waals surface area contributed by atoms with Crippen molar-refractivity contribution in [2.45, 2.75) is 46.1 Å². The van der Waals surface area contributed by atoms with Gasteiger partial charge in [0.2, 0.25) is 0 Å². The maximum atomic E-state index is 14.3. The Morgan fingerprint density at radius 3 is 2.62 bits per heavy atom. The number of nitrogens with one attached hydrogen (secondary N) is 2. The molecule has 0 unspecified atom stereocenters. The van der Waals surface area contributed by atoms with Gasteiger partial charge in [-0.1, -0.05) is 0 Å². The summed E-state index contributed by atoms with van der Waals surface area (Å²) in [6.07, 6.45) is 4.17. The van der Waals surface area contributed by atoms with Gasteiger partial charge in [-0.2, -0.15) is 5.10 Å². The number of nitrogens with zero attached hydrogens (tertiary/aromatic N) is 4. The van der Waals surface area contributed by atoms with Crippen LogP contribution in [-0.4, -0.2) is 57.0 Å². The number of imidazole rings is 1. The molecule has 40 heavy (non-hydrogen) atoms. The molecule has 3 aromatic heterocycles. The number of alkyl carbamates (subject to hydrolysis) is 1. The fraction of sp³-hybridized carbons (Fsp3) is 0.379. The van der Waals surface area contributed by atoms with Crippen LogP contribution in [0.3, 0.4) is 0 Å². The lowest BCUT2D eigenvalue weighted by molar-refractivity contribution is 0.0528. The Balaban J connectivity index is 1.52. The average molecular weight is 551 g/mol. The standard InChI is InChI=1S/C29H35FN6O4/c1-18-22(26(27(37)31-5)34-35(18)6)12-14-39-24-15-20(30)8-9-23(24)19-7-10-25-33-16-21(36(25)17-19)11-13-32-28(38)40-29(2,3)4/h7-10,15-17H,11-14H2,1-6H3,(H,31,37)(H,32,38). The summed E-state index contributed by atoms with van der Waals surface area (Å²) < 4.78 is 29.2. The van der Waals surface area contributed by atoms with Crippen molar-refractivity contribution in [2.24, 2.45) is 7.05 Å². The van der Waals surface area contributed by atoms with Crippen LogP contribution < -0.4 is 15.4 Å². The highest BCUT2D eigenvalue weighted by Gasteiger charge is 2.19. The summed E-state index contributed by atoms with van der Waals surface area (Å²) in [5.74, 6) is -0.300. The number of carbonyl (C=O) groups excluding carboxylic acids is 2. The van der Waals surface area contributed by atoms with Crippen molar-refractivity contribution < 1.29 is 23.5 Å². The zero-order chi connectivity index (χ0) is 29.0. The molecule has 212 valence electrons. The first-order chi connectivity index (χ1) is 19.0. The second kappa shape index (κ2) is 11.8. The molecule has 1 aromatic carbocycles. The zero-order valence-corrected chi connectivity index (χ0v) is 23.7. The van der Waals surface area contributed by atoms with E-state index in [-0.39, 0.29) is 12.5 Å². The van der Waals surface area contributed by atoms with E-state index in [0.29, 0.717) is 36.4 Å². The Kier molecular flexibility index (Phi) is 8.41. The van der Waals surface area contributed by atoms with Gasteiger partial charge >= 0.3 is 6.09 Å². The summed E-state index contributed by atoms with van der Waals surface area (Å²) in [5.41, 5.74) is 4.59. The van der Waals surface area contributed by atoms with Gasteiger partial charge in [-0.05, 0) is 52.0 Å². The molecule has 0 atom stereocenters. The molecule has 0 aliphatic carbocycles. The monoisotopic (exact) mass is 550 g/mol. The minimum Gasteiger partial charge on any atom is -0.492 e. The maximum Gasteiger partial charge on any atom is 0.407 e. The normalized spacial score (nSPS) is 11.5. The van der Waals surface area contributed by atoms with Crippen molar-refractivity contribution in [1.82, 2.24) is 29.8 Å². The molecule has 0 bridgehead atoms. The minimum absolute atomic E-state index is 0.224. The maximum absolute atomic E-state index is 14.3. The van der Waals surface area contributed by atoms with Crippen LogP contribution in [0, 0.1) is 12.7 Å². The van der Waals surface area contributed by atoms with Gasteiger partial charge in [0.1, 0.15) is 22.8 Å². The van der Waals surface area contributed by atoms with Crippen molar-refractivity contribution in [2.75, 3.05) is 20.2 Å². The largest absolute Gasteiger partial charge is 0.492 e. The van der Waals surface area contributed by atoms with Crippen LogP contribution in [0.2, 0.25) is 0 Å². The molecule has 2 amide bonds. The molecule has 0 saturated heterocycles. The van der Waals surface area contributed by atoms with E-state index < -0.39 is 17.5 Å². The van der Waals surface area contributed by atoms with Gasteiger partial charge < -0.3 is 24.5 Å². The van der Waals surface area contributed by atoms with Crippen LogP contribution in [0.4, 0.5) is 9.18 Å². The van der Waals surface area contributed by atoms with Crippen molar-refractivity contribution in [3.05, 3.63) is 71.2 Å². The highest BCUT2D eigenvalue weighted by atomic mass is 19.1. The van der Waals surface area contributed by atoms with Crippen LogP contribution in [0.25, 0.3) is 16.8 Å². The molecule has 0 radical (unpaired) electrons. The highest BCUT2D eigenvalue weighted by Crippen LogP contribution is 2.31. The number of ether oxygens (including phenoxy) is 2. The molecule has 10 nitrogen and oxygen atoms in total. The summed E-state index contributed by atoms with van der Waals surface area (Å²) in [6.45, 7) is 7.94. The van der Waals surface area contributed by atoms with E-state index in [4.69, 9.17) is 9.47 Å². The van der Waals surface area contributed by atoms with E-state index >= 15 is 0 Å². The molecule has 4 rings (SSSR count). The fourth-order valence-electron chi connectivity index (χ4n) is 4.35. The van der Waals surface area contributed by atoms with Gasteiger partial charge in [0.05, 0.1) is 6.61 Å². The number of hydrogen-bond acceptors (Lipinski definition) is 6. The predicted molar refractivity (Wildman–Crippen MR) is 149 cm³/mol.